The maximum atomic E-state index is 7.98. The molecule has 0 aromatic carbocycles. The Balaban J connectivity index is 2.99. The van der Waals surface area contributed by atoms with Gasteiger partial charge in [0.25, 0.3) is 0 Å². The summed E-state index contributed by atoms with van der Waals surface area (Å²) in [7, 11) is 0. The minimum absolute atomic E-state index is 1.05. The zero-order valence-corrected chi connectivity index (χ0v) is 3.13. The maximum Gasteiger partial charge on any atom is 0.248 e. The molecular formula is C3H6O3. The average molecular weight is 90.1 g/mol. The van der Waals surface area contributed by atoms with Crippen LogP contribution >= 0.6 is 0 Å². The molecule has 0 aromatic rings. The molecule has 0 aliphatic rings. The molecule has 2 radical (unpaired) electrons. The molecule has 0 spiro atoms. The summed E-state index contributed by atoms with van der Waals surface area (Å²) in [5, 5.41) is 23.6. The van der Waals surface area contributed by atoms with Crippen LogP contribution in [-0.4, -0.2) is 21.4 Å². The van der Waals surface area contributed by atoms with E-state index in [-0.39, 0.29) is 0 Å². The summed E-state index contributed by atoms with van der Waals surface area (Å²) in [6.07, 6.45) is -2.42. The normalized spacial score (nSPS) is 15.5. The van der Waals surface area contributed by atoms with Gasteiger partial charge in [-0.2, -0.15) is 0 Å². The molecule has 0 aliphatic heterocycles. The van der Waals surface area contributed by atoms with Crippen LogP contribution in [0.25, 0.3) is 0 Å². The van der Waals surface area contributed by atoms with Crippen LogP contribution in [0, 0.1) is 13.2 Å². The molecule has 0 bridgehead atoms. The smallest absolute Gasteiger partial charge is 0.248 e. The summed E-state index contributed by atoms with van der Waals surface area (Å²) < 4.78 is 0. The van der Waals surface area contributed by atoms with Crippen LogP contribution < -0.4 is 0 Å². The average Bonchev–Trinajstić information content (AvgIpc) is 1.36. The Morgan fingerprint density at radius 2 is 1.67 bits per heavy atom. The van der Waals surface area contributed by atoms with E-state index in [9.17, 15) is 0 Å². The van der Waals surface area contributed by atoms with Gasteiger partial charge in [-0.15, -0.1) is 0 Å². The first-order valence-electron chi connectivity index (χ1n) is 1.40. The van der Waals surface area contributed by atoms with Gasteiger partial charge >= 0.3 is 0 Å². The van der Waals surface area contributed by atoms with Gasteiger partial charge in [-0.25, -0.2) is 0 Å². The molecule has 3 N–H and O–H groups in total. The van der Waals surface area contributed by atoms with Crippen molar-refractivity contribution in [1.82, 2.24) is 0 Å². The summed E-state index contributed by atoms with van der Waals surface area (Å²) >= 11 is 0. The summed E-state index contributed by atoms with van der Waals surface area (Å²) in [6, 6.07) is 0. The van der Waals surface area contributed by atoms with Crippen LogP contribution in [0.15, 0.2) is 0 Å². The third kappa shape index (κ3) is 2.14. The highest BCUT2D eigenvalue weighted by atomic mass is 16.5. The highest BCUT2D eigenvalue weighted by Gasteiger charge is 2.05. The van der Waals surface area contributed by atoms with E-state index in [4.69, 9.17) is 15.3 Å². The van der Waals surface area contributed by atoms with E-state index < -0.39 is 12.4 Å². The van der Waals surface area contributed by atoms with Gasteiger partial charge in [-0.1, -0.05) is 0 Å². The zero-order chi connectivity index (χ0) is 5.15. The van der Waals surface area contributed by atoms with Crippen LogP contribution in [0.4, 0.5) is 0 Å². The fourth-order valence-corrected chi connectivity index (χ4v) is 0. The van der Waals surface area contributed by atoms with Gasteiger partial charge in [-0.05, 0) is 6.92 Å². The van der Waals surface area contributed by atoms with Crippen molar-refractivity contribution in [3.05, 3.63) is 13.2 Å². The summed E-state index contributed by atoms with van der Waals surface area (Å²) in [5.41, 5.74) is 0. The standard InChI is InChI=1S/C3H6O3/c1-2(4)3(5)6/h2,4-6H,1H2. The predicted octanol–water partition coefficient (Wildman–Crippen LogP) is -0.584. The van der Waals surface area contributed by atoms with Gasteiger partial charge in [0.2, 0.25) is 6.29 Å². The minimum atomic E-state index is -1.37. The molecule has 36 valence electrons. The molecular weight excluding hydrogens is 84.0 g/mol. The molecule has 3 heteroatoms. The lowest BCUT2D eigenvalue weighted by molar-refractivity contribution is -0.00144. The fourth-order valence-electron chi connectivity index (χ4n) is 0. The van der Waals surface area contributed by atoms with Crippen LogP contribution in [0.2, 0.25) is 0 Å². The third-order valence-corrected chi connectivity index (χ3v) is 0.298. The van der Waals surface area contributed by atoms with E-state index in [1.165, 1.54) is 0 Å². The van der Waals surface area contributed by atoms with E-state index in [1.807, 2.05) is 0 Å². The summed E-state index contributed by atoms with van der Waals surface area (Å²) in [6.45, 7) is 2.86. The first kappa shape index (κ1) is 5.88. The van der Waals surface area contributed by atoms with Crippen molar-refractivity contribution < 1.29 is 15.3 Å². The van der Waals surface area contributed by atoms with Crippen molar-refractivity contribution in [2.45, 2.75) is 6.10 Å². The van der Waals surface area contributed by atoms with Crippen molar-refractivity contribution in [2.75, 3.05) is 0 Å². The van der Waals surface area contributed by atoms with Gasteiger partial charge in [0.1, 0.15) is 6.10 Å². The summed E-state index contributed by atoms with van der Waals surface area (Å²) in [5.74, 6) is 0. The quantitative estimate of drug-likeness (QED) is 0.403. The topological polar surface area (TPSA) is 60.7 Å². The summed E-state index contributed by atoms with van der Waals surface area (Å²) in [4.78, 5) is 0. The molecule has 0 heterocycles. The van der Waals surface area contributed by atoms with Crippen molar-refractivity contribution in [1.29, 1.82) is 0 Å². The first-order valence-corrected chi connectivity index (χ1v) is 1.40. The lowest BCUT2D eigenvalue weighted by atomic mass is 10.4. The van der Waals surface area contributed by atoms with Crippen LogP contribution in [0.1, 0.15) is 0 Å². The molecule has 0 aromatic heterocycles. The van der Waals surface area contributed by atoms with Crippen LogP contribution in [-0.2, 0) is 0 Å². The highest BCUT2D eigenvalue weighted by molar-refractivity contribution is 4.72. The lowest BCUT2D eigenvalue weighted by Crippen LogP contribution is -2.11. The highest BCUT2D eigenvalue weighted by Crippen LogP contribution is 1.90. The second kappa shape index (κ2) is 2.12. The van der Waals surface area contributed by atoms with Crippen molar-refractivity contribution >= 4 is 0 Å². The first-order chi connectivity index (χ1) is 2.64. The van der Waals surface area contributed by atoms with Crippen molar-refractivity contribution in [3.8, 4) is 0 Å². The molecule has 1 unspecified atom stereocenters. The molecule has 3 nitrogen and oxygen atoms in total. The molecule has 0 fully saturated rings. The number of aliphatic hydroxyl groups excluding tert-OH is 2. The Morgan fingerprint density at radius 3 is 1.67 bits per heavy atom. The molecule has 0 saturated heterocycles. The van der Waals surface area contributed by atoms with Gasteiger partial charge in [0.15, 0.2) is 0 Å². The second-order valence-corrected chi connectivity index (χ2v) is 0.874. The fraction of sp³-hybridized carbons (Fsp3) is 0.333. The lowest BCUT2D eigenvalue weighted by Gasteiger charge is -1.99. The number of hydrogen-bond donors (Lipinski definition) is 3. The second-order valence-electron chi connectivity index (χ2n) is 0.874. The number of aliphatic hydroxyl groups is 3. The van der Waals surface area contributed by atoms with Crippen LogP contribution in [0.3, 0.4) is 0 Å². The predicted molar refractivity (Wildman–Crippen MR) is 18.5 cm³/mol. The molecule has 6 heavy (non-hydrogen) atoms. The third-order valence-electron chi connectivity index (χ3n) is 0.298. The van der Waals surface area contributed by atoms with E-state index >= 15 is 0 Å². The van der Waals surface area contributed by atoms with Gasteiger partial charge < -0.3 is 15.3 Å². The molecule has 0 rings (SSSR count). The van der Waals surface area contributed by atoms with Crippen LogP contribution in [0.5, 0.6) is 0 Å². The van der Waals surface area contributed by atoms with Crippen molar-refractivity contribution in [3.63, 3.8) is 0 Å². The van der Waals surface area contributed by atoms with Gasteiger partial charge in [-0.3, -0.25) is 0 Å². The largest absolute Gasteiger partial charge is 0.387 e. The number of rotatable bonds is 1. The Hall–Kier alpha value is -0.120. The van der Waals surface area contributed by atoms with E-state index in [2.05, 4.69) is 6.92 Å². The molecule has 1 atom stereocenters. The molecule has 0 amide bonds. The SMILES string of the molecule is [CH2]C(O)[C](O)O. The zero-order valence-electron chi connectivity index (χ0n) is 3.13. The van der Waals surface area contributed by atoms with Gasteiger partial charge in [0.05, 0.1) is 0 Å². The monoisotopic (exact) mass is 90.0 g/mol. The Kier molecular flexibility index (Phi) is 2.08. The minimum Gasteiger partial charge on any atom is -0.387 e. The van der Waals surface area contributed by atoms with Gasteiger partial charge in [0, 0.05) is 0 Å². The maximum absolute atomic E-state index is 7.98. The molecule has 0 saturated carbocycles. The number of hydrogen-bond acceptors (Lipinski definition) is 3. The van der Waals surface area contributed by atoms with E-state index in [1.54, 1.807) is 0 Å². The van der Waals surface area contributed by atoms with E-state index in [0.717, 1.165) is 0 Å². The Bertz CT molecular complexity index is 27.0. The van der Waals surface area contributed by atoms with E-state index in [0.29, 0.717) is 0 Å². The van der Waals surface area contributed by atoms with Crippen molar-refractivity contribution in [2.24, 2.45) is 0 Å². The molecule has 0 aliphatic carbocycles. The Labute approximate surface area is 35.9 Å². The Morgan fingerprint density at radius 1 is 1.50 bits per heavy atom.